The summed E-state index contributed by atoms with van der Waals surface area (Å²) in [5.41, 5.74) is 5.45. The predicted molar refractivity (Wildman–Crippen MR) is 70.1 cm³/mol. The van der Waals surface area contributed by atoms with Crippen LogP contribution in [0, 0.1) is 0 Å². The maximum Gasteiger partial charge on any atom is 0.389 e. The van der Waals surface area contributed by atoms with Crippen LogP contribution in [-0.2, 0) is 0 Å². The molecule has 0 fully saturated rings. The lowest BCUT2D eigenvalue weighted by atomic mass is 9.93. The van der Waals surface area contributed by atoms with Crippen LogP contribution in [0.25, 0.3) is 0 Å². The summed E-state index contributed by atoms with van der Waals surface area (Å²) in [6.07, 6.45) is -4.27. The molecule has 1 aliphatic heterocycles. The average Bonchev–Trinajstić information content (AvgIpc) is 2.50. The van der Waals surface area contributed by atoms with Crippen molar-refractivity contribution in [3.8, 4) is 0 Å². The smallest absolute Gasteiger partial charge is 0.370 e. The van der Waals surface area contributed by atoms with Gasteiger partial charge in [0.05, 0.1) is 12.1 Å². The molecule has 7 heteroatoms. The minimum atomic E-state index is -4.09. The molecule has 1 aliphatic rings. The van der Waals surface area contributed by atoms with Gasteiger partial charge in [0.15, 0.2) is 5.96 Å². The summed E-state index contributed by atoms with van der Waals surface area (Å²) >= 11 is 0. The monoisotopic (exact) mass is 280 g/mol. The Hall–Kier alpha value is -0.980. The number of nitrogens with two attached hydrogens (primary N) is 1. The minimum Gasteiger partial charge on any atom is -0.370 e. The molecule has 0 aliphatic carbocycles. The summed E-state index contributed by atoms with van der Waals surface area (Å²) < 4.78 is 36.6. The molecule has 2 N–H and O–H groups in total. The van der Waals surface area contributed by atoms with Gasteiger partial charge < -0.3 is 15.5 Å². The number of likely N-dealkylation sites (N-methyl/N-ethyl adjacent to an activating group) is 1. The van der Waals surface area contributed by atoms with Crippen LogP contribution in [-0.4, -0.2) is 61.2 Å². The molecular formula is C12H23F3N4. The number of nitrogens with zero attached hydrogens (tertiary/aromatic N) is 3. The Morgan fingerprint density at radius 2 is 2.05 bits per heavy atom. The number of aliphatic imine (C=N–C) groups is 1. The van der Waals surface area contributed by atoms with Gasteiger partial charge >= 0.3 is 6.18 Å². The normalized spacial score (nSPS) is 24.2. The largest absolute Gasteiger partial charge is 0.389 e. The van der Waals surface area contributed by atoms with Crippen molar-refractivity contribution in [3.63, 3.8) is 0 Å². The maximum atomic E-state index is 12.2. The molecule has 0 bridgehead atoms. The molecule has 4 nitrogen and oxygen atoms in total. The SMILES string of the molecule is CN(C)CCN1C(N)=NCC1(C)CCCC(F)(F)F. The maximum absolute atomic E-state index is 12.2. The Labute approximate surface area is 112 Å². The van der Waals surface area contributed by atoms with Gasteiger partial charge in [-0.3, -0.25) is 4.99 Å². The molecule has 0 aromatic carbocycles. The fraction of sp³-hybridized carbons (Fsp3) is 0.917. The van der Waals surface area contributed by atoms with Crippen LogP contribution in [0.15, 0.2) is 4.99 Å². The lowest BCUT2D eigenvalue weighted by molar-refractivity contribution is -0.136. The van der Waals surface area contributed by atoms with E-state index in [1.165, 1.54) is 0 Å². The Morgan fingerprint density at radius 1 is 1.42 bits per heavy atom. The minimum absolute atomic E-state index is 0.112. The zero-order valence-electron chi connectivity index (χ0n) is 11.8. The third kappa shape index (κ3) is 4.89. The van der Waals surface area contributed by atoms with E-state index < -0.39 is 12.6 Å². The van der Waals surface area contributed by atoms with Crippen molar-refractivity contribution in [2.45, 2.75) is 37.9 Å². The summed E-state index contributed by atoms with van der Waals surface area (Å²) in [7, 11) is 3.90. The van der Waals surface area contributed by atoms with Gasteiger partial charge in [0, 0.05) is 19.5 Å². The Balaban J connectivity index is 2.53. The number of halogens is 3. The molecule has 0 aromatic heterocycles. The lowest BCUT2D eigenvalue weighted by Crippen LogP contribution is -2.51. The second kappa shape index (κ2) is 5.98. The highest BCUT2D eigenvalue weighted by atomic mass is 19.4. The van der Waals surface area contributed by atoms with Crippen molar-refractivity contribution >= 4 is 5.96 Å². The summed E-state index contributed by atoms with van der Waals surface area (Å²) in [6.45, 7) is 3.89. The molecule has 1 heterocycles. The van der Waals surface area contributed by atoms with Gasteiger partial charge in [0.25, 0.3) is 0 Å². The predicted octanol–water partition coefficient (Wildman–Crippen LogP) is 1.67. The fourth-order valence-electron chi connectivity index (χ4n) is 2.27. The van der Waals surface area contributed by atoms with Gasteiger partial charge in [-0.15, -0.1) is 0 Å². The summed E-state index contributed by atoms with van der Waals surface area (Å²) in [6, 6.07) is 0. The molecule has 19 heavy (non-hydrogen) atoms. The van der Waals surface area contributed by atoms with Gasteiger partial charge in [-0.25, -0.2) is 0 Å². The number of guanidine groups is 1. The van der Waals surface area contributed by atoms with Gasteiger partial charge in [-0.1, -0.05) is 0 Å². The van der Waals surface area contributed by atoms with Crippen molar-refractivity contribution in [2.24, 2.45) is 10.7 Å². The van der Waals surface area contributed by atoms with E-state index in [0.717, 1.165) is 6.54 Å². The van der Waals surface area contributed by atoms with Crippen LogP contribution in [0.5, 0.6) is 0 Å². The quantitative estimate of drug-likeness (QED) is 0.805. The number of rotatable bonds is 6. The first kappa shape index (κ1) is 16.1. The van der Waals surface area contributed by atoms with Crippen LogP contribution in [0.3, 0.4) is 0 Å². The van der Waals surface area contributed by atoms with Gasteiger partial charge in [-0.05, 0) is 33.9 Å². The van der Waals surface area contributed by atoms with Crippen LogP contribution in [0.2, 0.25) is 0 Å². The summed E-state index contributed by atoms with van der Waals surface area (Å²) in [4.78, 5) is 8.13. The topological polar surface area (TPSA) is 44.9 Å². The van der Waals surface area contributed by atoms with Crippen LogP contribution in [0.4, 0.5) is 13.2 Å². The second-order valence-corrected chi connectivity index (χ2v) is 5.60. The molecule has 0 saturated heterocycles. The molecule has 0 amide bonds. The second-order valence-electron chi connectivity index (χ2n) is 5.60. The molecule has 1 rings (SSSR count). The van der Waals surface area contributed by atoms with E-state index >= 15 is 0 Å². The molecule has 0 saturated carbocycles. The highest BCUT2D eigenvalue weighted by Gasteiger charge is 2.38. The van der Waals surface area contributed by atoms with Crippen molar-refractivity contribution < 1.29 is 13.2 Å². The average molecular weight is 280 g/mol. The molecule has 112 valence electrons. The van der Waals surface area contributed by atoms with E-state index in [1.807, 2.05) is 30.8 Å². The number of hydrogen-bond acceptors (Lipinski definition) is 4. The van der Waals surface area contributed by atoms with Crippen molar-refractivity contribution in [2.75, 3.05) is 33.7 Å². The van der Waals surface area contributed by atoms with E-state index in [2.05, 4.69) is 4.99 Å². The van der Waals surface area contributed by atoms with E-state index in [-0.39, 0.29) is 12.0 Å². The Bertz CT molecular complexity index is 327. The summed E-state index contributed by atoms with van der Waals surface area (Å²) in [5, 5.41) is 0. The van der Waals surface area contributed by atoms with Gasteiger partial charge in [0.2, 0.25) is 0 Å². The standard InChI is InChI=1S/C12H23F3N4/c1-11(5-4-6-12(13,14)15)9-17-10(16)19(11)8-7-18(2)3/h4-9H2,1-3H3,(H2,16,17). The molecule has 1 atom stereocenters. The third-order valence-electron chi connectivity index (χ3n) is 3.46. The van der Waals surface area contributed by atoms with Crippen LogP contribution in [0.1, 0.15) is 26.2 Å². The molecule has 0 spiro atoms. The molecular weight excluding hydrogens is 257 g/mol. The van der Waals surface area contributed by atoms with Gasteiger partial charge in [-0.2, -0.15) is 13.2 Å². The van der Waals surface area contributed by atoms with Crippen molar-refractivity contribution in [3.05, 3.63) is 0 Å². The first-order valence-electron chi connectivity index (χ1n) is 6.43. The first-order valence-corrected chi connectivity index (χ1v) is 6.43. The van der Waals surface area contributed by atoms with Crippen molar-refractivity contribution in [1.82, 2.24) is 9.80 Å². The van der Waals surface area contributed by atoms with Gasteiger partial charge in [0.1, 0.15) is 0 Å². The highest BCUT2D eigenvalue weighted by molar-refractivity contribution is 5.80. The third-order valence-corrected chi connectivity index (χ3v) is 3.46. The molecule has 1 unspecified atom stereocenters. The molecule has 0 radical (unpaired) electrons. The zero-order chi connectivity index (χ0) is 14.7. The molecule has 0 aromatic rings. The van der Waals surface area contributed by atoms with E-state index in [0.29, 0.717) is 25.5 Å². The van der Waals surface area contributed by atoms with Crippen LogP contribution < -0.4 is 5.73 Å². The number of alkyl halides is 3. The first-order chi connectivity index (χ1) is 8.64. The number of hydrogen-bond donors (Lipinski definition) is 1. The van der Waals surface area contributed by atoms with E-state index in [1.54, 1.807) is 0 Å². The highest BCUT2D eigenvalue weighted by Crippen LogP contribution is 2.30. The van der Waals surface area contributed by atoms with Crippen molar-refractivity contribution in [1.29, 1.82) is 0 Å². The zero-order valence-corrected chi connectivity index (χ0v) is 11.8. The lowest BCUT2D eigenvalue weighted by Gasteiger charge is -2.37. The Kier molecular flexibility index (Phi) is 5.06. The van der Waals surface area contributed by atoms with E-state index in [4.69, 9.17) is 5.73 Å². The summed E-state index contributed by atoms with van der Waals surface area (Å²) in [5.74, 6) is 0.441. The fourth-order valence-corrected chi connectivity index (χ4v) is 2.27. The Morgan fingerprint density at radius 3 is 2.58 bits per heavy atom. The van der Waals surface area contributed by atoms with Crippen LogP contribution >= 0.6 is 0 Å². The van der Waals surface area contributed by atoms with E-state index in [9.17, 15) is 13.2 Å².